The Morgan fingerprint density at radius 1 is 1.44 bits per heavy atom. The number of hydrogen-bond donors (Lipinski definition) is 2. The van der Waals surface area contributed by atoms with E-state index in [0.29, 0.717) is 12.5 Å². The van der Waals surface area contributed by atoms with Gasteiger partial charge in [0, 0.05) is 20.1 Å². The summed E-state index contributed by atoms with van der Waals surface area (Å²) in [6.45, 7) is 8.81. The van der Waals surface area contributed by atoms with Gasteiger partial charge in [0.25, 0.3) is 0 Å². The molecule has 0 atom stereocenters. The van der Waals surface area contributed by atoms with Crippen molar-refractivity contribution >= 4 is 5.96 Å². The fraction of sp³-hybridized carbons (Fsp3) is 0.750. The summed E-state index contributed by atoms with van der Waals surface area (Å²) in [6, 6.07) is 0. The Kier molecular flexibility index (Phi) is 6.18. The summed E-state index contributed by atoms with van der Waals surface area (Å²) in [6.07, 6.45) is 2.82. The van der Waals surface area contributed by atoms with E-state index in [4.69, 9.17) is 0 Å². The van der Waals surface area contributed by atoms with Gasteiger partial charge in [-0.3, -0.25) is 0 Å². The molecule has 0 aliphatic heterocycles. The third kappa shape index (κ3) is 5.16. The minimum Gasteiger partial charge on any atom is -0.357 e. The quantitative estimate of drug-likeness (QED) is 0.583. The summed E-state index contributed by atoms with van der Waals surface area (Å²) in [5, 5.41) is 14.4. The number of guanidine groups is 1. The normalized spacial score (nSPS) is 11.9. The van der Waals surface area contributed by atoms with E-state index < -0.39 is 0 Å². The first kappa shape index (κ1) is 14.5. The number of aliphatic imine (C=N–C) groups is 1. The average molecular weight is 252 g/mol. The van der Waals surface area contributed by atoms with Crippen LogP contribution in [0, 0.1) is 5.92 Å². The highest BCUT2D eigenvalue weighted by atomic mass is 15.3. The van der Waals surface area contributed by atoms with E-state index in [1.165, 1.54) is 0 Å². The number of rotatable bonds is 6. The van der Waals surface area contributed by atoms with Crippen molar-refractivity contribution < 1.29 is 0 Å². The molecule has 0 saturated heterocycles. The highest BCUT2D eigenvalue weighted by Crippen LogP contribution is 1.97. The number of hydrogen-bond acceptors (Lipinski definition) is 3. The number of nitrogens with one attached hydrogen (secondary N) is 2. The third-order valence-corrected chi connectivity index (χ3v) is 2.54. The van der Waals surface area contributed by atoms with E-state index in [-0.39, 0.29) is 0 Å². The van der Waals surface area contributed by atoms with E-state index in [9.17, 15) is 0 Å². The van der Waals surface area contributed by atoms with Crippen molar-refractivity contribution in [3.05, 3.63) is 12.2 Å². The lowest BCUT2D eigenvalue weighted by Crippen LogP contribution is -2.38. The first-order chi connectivity index (χ1) is 8.63. The highest BCUT2D eigenvalue weighted by molar-refractivity contribution is 5.79. The Morgan fingerprint density at radius 2 is 2.22 bits per heavy atom. The van der Waals surface area contributed by atoms with Gasteiger partial charge in [0.05, 0.1) is 0 Å². The molecule has 0 bridgehead atoms. The number of nitrogens with zero attached hydrogens (tertiary/aromatic N) is 4. The van der Waals surface area contributed by atoms with Gasteiger partial charge >= 0.3 is 0 Å². The van der Waals surface area contributed by atoms with Gasteiger partial charge in [-0.15, -0.1) is 10.2 Å². The first-order valence-corrected chi connectivity index (χ1v) is 6.48. The van der Waals surface area contributed by atoms with Crippen molar-refractivity contribution in [2.75, 3.05) is 13.1 Å². The van der Waals surface area contributed by atoms with Crippen molar-refractivity contribution in [3.63, 3.8) is 0 Å². The zero-order valence-corrected chi connectivity index (χ0v) is 11.8. The molecule has 0 spiro atoms. The van der Waals surface area contributed by atoms with E-state index >= 15 is 0 Å². The summed E-state index contributed by atoms with van der Waals surface area (Å²) in [5.41, 5.74) is 0. The van der Waals surface area contributed by atoms with Crippen LogP contribution < -0.4 is 10.6 Å². The maximum atomic E-state index is 4.48. The molecule has 6 heteroatoms. The average Bonchev–Trinajstić information content (AvgIpc) is 2.71. The lowest BCUT2D eigenvalue weighted by Gasteiger charge is -2.12. The van der Waals surface area contributed by atoms with Crippen molar-refractivity contribution in [2.45, 2.75) is 33.7 Å². The van der Waals surface area contributed by atoms with E-state index in [2.05, 4.69) is 46.6 Å². The molecular formula is C12H24N6. The molecule has 2 N–H and O–H groups in total. The Bertz CT molecular complexity index is 368. The smallest absolute Gasteiger partial charge is 0.191 e. The van der Waals surface area contributed by atoms with Crippen LogP contribution >= 0.6 is 0 Å². The van der Waals surface area contributed by atoms with Gasteiger partial charge in [0.15, 0.2) is 11.8 Å². The van der Waals surface area contributed by atoms with E-state index in [0.717, 1.165) is 31.3 Å². The third-order valence-electron chi connectivity index (χ3n) is 2.54. The van der Waals surface area contributed by atoms with E-state index in [1.54, 1.807) is 6.33 Å². The predicted molar refractivity (Wildman–Crippen MR) is 73.3 cm³/mol. The Morgan fingerprint density at radius 3 is 2.78 bits per heavy atom. The molecule has 102 valence electrons. The second-order valence-electron chi connectivity index (χ2n) is 4.66. The van der Waals surface area contributed by atoms with Crippen LogP contribution in [0.15, 0.2) is 11.3 Å². The fourth-order valence-corrected chi connectivity index (χ4v) is 1.42. The minimum atomic E-state index is 0.535. The van der Waals surface area contributed by atoms with Gasteiger partial charge in [0.1, 0.15) is 12.9 Å². The largest absolute Gasteiger partial charge is 0.357 e. The molecule has 0 amide bonds. The molecule has 0 radical (unpaired) electrons. The number of aromatic nitrogens is 3. The van der Waals surface area contributed by atoms with Crippen LogP contribution in [-0.4, -0.2) is 33.8 Å². The van der Waals surface area contributed by atoms with Gasteiger partial charge in [-0.05, 0) is 19.3 Å². The lowest BCUT2D eigenvalue weighted by molar-refractivity contribution is 0.573. The zero-order chi connectivity index (χ0) is 13.4. The molecule has 0 fully saturated rings. The summed E-state index contributed by atoms with van der Waals surface area (Å²) < 4.78 is 1.88. The second kappa shape index (κ2) is 7.68. The summed E-state index contributed by atoms with van der Waals surface area (Å²) in [7, 11) is 1.92. The van der Waals surface area contributed by atoms with Crippen molar-refractivity contribution in [1.29, 1.82) is 0 Å². The van der Waals surface area contributed by atoms with Crippen LogP contribution in [0.1, 0.15) is 33.0 Å². The molecule has 18 heavy (non-hydrogen) atoms. The maximum Gasteiger partial charge on any atom is 0.191 e. The van der Waals surface area contributed by atoms with Crippen LogP contribution in [0.2, 0.25) is 0 Å². The molecule has 1 rings (SSSR count). The molecule has 6 nitrogen and oxygen atoms in total. The fourth-order valence-electron chi connectivity index (χ4n) is 1.42. The second-order valence-corrected chi connectivity index (χ2v) is 4.66. The molecule has 0 aliphatic carbocycles. The van der Waals surface area contributed by atoms with Crippen LogP contribution in [0.25, 0.3) is 0 Å². The van der Waals surface area contributed by atoms with Crippen molar-refractivity contribution in [2.24, 2.45) is 18.0 Å². The molecule has 1 heterocycles. The van der Waals surface area contributed by atoms with Crippen LogP contribution in [-0.2, 0) is 13.6 Å². The first-order valence-electron chi connectivity index (χ1n) is 6.48. The monoisotopic (exact) mass is 252 g/mol. The highest BCUT2D eigenvalue weighted by Gasteiger charge is 2.01. The summed E-state index contributed by atoms with van der Waals surface area (Å²) in [5.74, 6) is 2.39. The summed E-state index contributed by atoms with van der Waals surface area (Å²) in [4.78, 5) is 4.48. The summed E-state index contributed by atoms with van der Waals surface area (Å²) >= 11 is 0. The number of aryl methyl sites for hydroxylation is 1. The molecule has 1 aromatic heterocycles. The van der Waals surface area contributed by atoms with Gasteiger partial charge < -0.3 is 15.2 Å². The van der Waals surface area contributed by atoms with Crippen LogP contribution in [0.3, 0.4) is 0 Å². The Hall–Kier alpha value is -1.59. The standard InChI is InChI=1S/C12H24N6/c1-5-13-12(14-7-6-10(2)3)15-8-11-17-16-9-18(11)4/h9-10H,5-8H2,1-4H3,(H2,13,14,15). The topological polar surface area (TPSA) is 67.1 Å². The molecule has 1 aromatic rings. The minimum absolute atomic E-state index is 0.535. The van der Waals surface area contributed by atoms with Crippen LogP contribution in [0.5, 0.6) is 0 Å². The predicted octanol–water partition coefficient (Wildman–Crippen LogP) is 0.916. The Labute approximate surface area is 109 Å². The van der Waals surface area contributed by atoms with Crippen molar-refractivity contribution in [3.8, 4) is 0 Å². The Balaban J connectivity index is 2.47. The molecule has 0 unspecified atom stereocenters. The molecule has 0 aliphatic rings. The maximum absolute atomic E-state index is 4.48. The SMILES string of the molecule is CCNC(=NCc1nncn1C)NCCC(C)C. The van der Waals surface area contributed by atoms with Gasteiger partial charge in [0.2, 0.25) is 0 Å². The van der Waals surface area contributed by atoms with E-state index in [1.807, 2.05) is 11.6 Å². The molecular weight excluding hydrogens is 228 g/mol. The van der Waals surface area contributed by atoms with Crippen LogP contribution in [0.4, 0.5) is 0 Å². The lowest BCUT2D eigenvalue weighted by atomic mass is 10.1. The van der Waals surface area contributed by atoms with Gasteiger partial charge in [-0.1, -0.05) is 13.8 Å². The molecule has 0 aromatic carbocycles. The van der Waals surface area contributed by atoms with Crippen molar-refractivity contribution in [1.82, 2.24) is 25.4 Å². The van der Waals surface area contributed by atoms with Gasteiger partial charge in [-0.2, -0.15) is 0 Å². The zero-order valence-electron chi connectivity index (χ0n) is 11.8. The van der Waals surface area contributed by atoms with Gasteiger partial charge in [-0.25, -0.2) is 4.99 Å². The molecule has 0 saturated carbocycles.